The van der Waals surface area contributed by atoms with Crippen molar-refractivity contribution >= 4 is 22.6 Å². The van der Waals surface area contributed by atoms with Crippen LogP contribution in [0, 0.1) is 6.92 Å². The first kappa shape index (κ1) is 16.8. The first-order valence-corrected chi connectivity index (χ1v) is 8.06. The third kappa shape index (κ3) is 3.28. The Kier molecular flexibility index (Phi) is 4.35. The molecule has 0 fully saturated rings. The van der Waals surface area contributed by atoms with Crippen LogP contribution in [-0.4, -0.2) is 21.1 Å². The van der Waals surface area contributed by atoms with Crippen molar-refractivity contribution in [3.63, 3.8) is 0 Å². The standard InChI is InChI=1S/C19H21N3O3/c1-12-6-5-7-15(10-12)25-13(2)18(23)20-14-8-9-16-17(11-14)22(4)19(24)21(16)3/h5-11,13H,1-4H3,(H,20,23). The van der Waals surface area contributed by atoms with E-state index in [1.807, 2.05) is 37.3 Å². The van der Waals surface area contributed by atoms with Crippen molar-refractivity contribution in [1.82, 2.24) is 9.13 Å². The fourth-order valence-electron chi connectivity index (χ4n) is 2.77. The number of benzene rings is 2. The Morgan fingerprint density at radius 2 is 1.80 bits per heavy atom. The molecule has 0 aliphatic heterocycles. The highest BCUT2D eigenvalue weighted by atomic mass is 16.5. The van der Waals surface area contributed by atoms with E-state index < -0.39 is 6.10 Å². The van der Waals surface area contributed by atoms with E-state index in [9.17, 15) is 9.59 Å². The van der Waals surface area contributed by atoms with Crippen LogP contribution in [0.2, 0.25) is 0 Å². The van der Waals surface area contributed by atoms with Crippen molar-refractivity contribution < 1.29 is 9.53 Å². The molecule has 1 N–H and O–H groups in total. The first-order valence-electron chi connectivity index (χ1n) is 8.06. The van der Waals surface area contributed by atoms with Gasteiger partial charge in [0.2, 0.25) is 0 Å². The van der Waals surface area contributed by atoms with Crippen LogP contribution in [-0.2, 0) is 18.9 Å². The smallest absolute Gasteiger partial charge is 0.328 e. The quantitative estimate of drug-likeness (QED) is 0.794. The summed E-state index contributed by atoms with van der Waals surface area (Å²) < 4.78 is 8.82. The molecule has 0 saturated carbocycles. The molecule has 6 heteroatoms. The molecule has 0 aliphatic rings. The van der Waals surface area contributed by atoms with Crippen LogP contribution in [0.4, 0.5) is 5.69 Å². The van der Waals surface area contributed by atoms with Crippen LogP contribution >= 0.6 is 0 Å². The molecule has 2 aromatic carbocycles. The molecule has 1 atom stereocenters. The van der Waals surface area contributed by atoms with E-state index in [-0.39, 0.29) is 11.6 Å². The predicted molar refractivity (Wildman–Crippen MR) is 98.1 cm³/mol. The molecule has 0 aliphatic carbocycles. The highest BCUT2D eigenvalue weighted by Crippen LogP contribution is 2.19. The van der Waals surface area contributed by atoms with Gasteiger partial charge in [-0.05, 0) is 49.7 Å². The summed E-state index contributed by atoms with van der Waals surface area (Å²) in [6.45, 7) is 3.67. The molecule has 130 valence electrons. The Morgan fingerprint density at radius 3 is 2.52 bits per heavy atom. The van der Waals surface area contributed by atoms with Crippen molar-refractivity contribution in [3.05, 3.63) is 58.5 Å². The van der Waals surface area contributed by atoms with E-state index in [0.717, 1.165) is 16.6 Å². The topological polar surface area (TPSA) is 65.3 Å². The van der Waals surface area contributed by atoms with Gasteiger partial charge in [-0.2, -0.15) is 0 Å². The Morgan fingerprint density at radius 1 is 1.08 bits per heavy atom. The molecule has 3 rings (SSSR count). The number of nitrogens with one attached hydrogen (secondary N) is 1. The van der Waals surface area contributed by atoms with Gasteiger partial charge < -0.3 is 10.1 Å². The van der Waals surface area contributed by atoms with Crippen molar-refractivity contribution in [3.8, 4) is 5.75 Å². The molecule has 1 amide bonds. The van der Waals surface area contributed by atoms with Gasteiger partial charge in [0, 0.05) is 19.8 Å². The average Bonchev–Trinajstić information content (AvgIpc) is 2.79. The van der Waals surface area contributed by atoms with Gasteiger partial charge >= 0.3 is 5.69 Å². The van der Waals surface area contributed by atoms with Gasteiger partial charge in [-0.15, -0.1) is 0 Å². The number of hydrogen-bond acceptors (Lipinski definition) is 3. The van der Waals surface area contributed by atoms with Gasteiger partial charge in [-0.1, -0.05) is 12.1 Å². The summed E-state index contributed by atoms with van der Waals surface area (Å²) in [6, 6.07) is 12.9. The number of amides is 1. The second-order valence-corrected chi connectivity index (χ2v) is 6.17. The van der Waals surface area contributed by atoms with Crippen LogP contribution < -0.4 is 15.7 Å². The van der Waals surface area contributed by atoms with Crippen LogP contribution in [0.1, 0.15) is 12.5 Å². The van der Waals surface area contributed by atoms with Gasteiger partial charge in [-0.3, -0.25) is 13.9 Å². The summed E-state index contributed by atoms with van der Waals surface area (Å²) in [5, 5.41) is 2.84. The third-order valence-electron chi connectivity index (χ3n) is 4.21. The van der Waals surface area contributed by atoms with Gasteiger partial charge in [0.05, 0.1) is 11.0 Å². The second-order valence-electron chi connectivity index (χ2n) is 6.17. The summed E-state index contributed by atoms with van der Waals surface area (Å²) in [4.78, 5) is 24.4. The summed E-state index contributed by atoms with van der Waals surface area (Å²) in [5.41, 5.74) is 3.17. The van der Waals surface area contributed by atoms with E-state index in [4.69, 9.17) is 4.74 Å². The zero-order valence-corrected chi connectivity index (χ0v) is 14.7. The number of carbonyl (C=O) groups excluding carboxylic acids is 1. The molecule has 6 nitrogen and oxygen atoms in total. The highest BCUT2D eigenvalue weighted by Gasteiger charge is 2.16. The number of ether oxygens (including phenoxy) is 1. The summed E-state index contributed by atoms with van der Waals surface area (Å²) in [5.74, 6) is 0.408. The van der Waals surface area contributed by atoms with E-state index in [2.05, 4.69) is 5.32 Å². The van der Waals surface area contributed by atoms with Gasteiger partial charge in [0.25, 0.3) is 5.91 Å². The maximum absolute atomic E-state index is 12.4. The molecule has 0 radical (unpaired) electrons. The lowest BCUT2D eigenvalue weighted by atomic mass is 10.2. The molecular weight excluding hydrogens is 318 g/mol. The van der Waals surface area contributed by atoms with Gasteiger partial charge in [0.1, 0.15) is 5.75 Å². The lowest BCUT2D eigenvalue weighted by Gasteiger charge is -2.15. The van der Waals surface area contributed by atoms with Crippen LogP contribution in [0.15, 0.2) is 47.3 Å². The molecule has 1 aromatic heterocycles. The molecule has 0 bridgehead atoms. The summed E-state index contributed by atoms with van der Waals surface area (Å²) in [7, 11) is 3.43. The van der Waals surface area contributed by atoms with Crippen molar-refractivity contribution in [2.24, 2.45) is 14.1 Å². The Balaban J connectivity index is 1.77. The zero-order chi connectivity index (χ0) is 18.1. The molecular formula is C19H21N3O3. The molecule has 25 heavy (non-hydrogen) atoms. The Bertz CT molecular complexity index is 1000. The number of rotatable bonds is 4. The van der Waals surface area contributed by atoms with E-state index >= 15 is 0 Å². The Hall–Kier alpha value is -3.02. The summed E-state index contributed by atoms with van der Waals surface area (Å²) >= 11 is 0. The number of anilines is 1. The third-order valence-corrected chi connectivity index (χ3v) is 4.21. The van der Waals surface area contributed by atoms with Crippen LogP contribution in [0.3, 0.4) is 0 Å². The first-order chi connectivity index (χ1) is 11.9. The van der Waals surface area contributed by atoms with Gasteiger partial charge in [0.15, 0.2) is 6.10 Å². The molecule has 3 aromatic rings. The summed E-state index contributed by atoms with van der Waals surface area (Å²) in [6.07, 6.45) is -0.642. The molecule has 1 heterocycles. The minimum atomic E-state index is -0.642. The van der Waals surface area contributed by atoms with Crippen molar-refractivity contribution in [1.29, 1.82) is 0 Å². The number of carbonyl (C=O) groups is 1. The van der Waals surface area contributed by atoms with E-state index in [1.165, 1.54) is 0 Å². The van der Waals surface area contributed by atoms with E-state index in [0.29, 0.717) is 11.4 Å². The van der Waals surface area contributed by atoms with Gasteiger partial charge in [-0.25, -0.2) is 4.79 Å². The molecule has 1 unspecified atom stereocenters. The van der Waals surface area contributed by atoms with Crippen molar-refractivity contribution in [2.45, 2.75) is 20.0 Å². The normalized spacial score (nSPS) is 12.2. The zero-order valence-electron chi connectivity index (χ0n) is 14.7. The number of nitrogens with zero attached hydrogens (tertiary/aromatic N) is 2. The molecule has 0 spiro atoms. The monoisotopic (exact) mass is 339 g/mol. The maximum atomic E-state index is 12.4. The second kappa shape index (κ2) is 6.47. The van der Waals surface area contributed by atoms with Crippen LogP contribution in [0.25, 0.3) is 11.0 Å². The largest absolute Gasteiger partial charge is 0.481 e. The number of aryl methyl sites for hydroxylation is 3. The highest BCUT2D eigenvalue weighted by molar-refractivity contribution is 5.95. The fraction of sp³-hybridized carbons (Fsp3) is 0.263. The number of imidazole rings is 1. The molecule has 0 saturated heterocycles. The fourth-order valence-corrected chi connectivity index (χ4v) is 2.77. The lowest BCUT2D eigenvalue weighted by molar-refractivity contribution is -0.122. The average molecular weight is 339 g/mol. The SMILES string of the molecule is Cc1cccc(OC(C)C(=O)Nc2ccc3c(c2)n(C)c(=O)n3C)c1. The Labute approximate surface area is 145 Å². The number of hydrogen-bond donors (Lipinski definition) is 1. The lowest BCUT2D eigenvalue weighted by Crippen LogP contribution is -2.30. The minimum Gasteiger partial charge on any atom is -0.481 e. The predicted octanol–water partition coefficient (Wildman–Crippen LogP) is 2.59. The van der Waals surface area contributed by atoms with Crippen LogP contribution in [0.5, 0.6) is 5.75 Å². The minimum absolute atomic E-state index is 0.102. The number of fused-ring (bicyclic) bond motifs is 1. The number of aromatic nitrogens is 2. The van der Waals surface area contributed by atoms with Crippen molar-refractivity contribution in [2.75, 3.05) is 5.32 Å². The maximum Gasteiger partial charge on any atom is 0.328 e. The van der Waals surface area contributed by atoms with E-state index in [1.54, 1.807) is 42.3 Å².